The van der Waals surface area contributed by atoms with Gasteiger partial charge in [0.05, 0.1) is 39.9 Å². The predicted molar refractivity (Wildman–Crippen MR) is 98.2 cm³/mol. The summed E-state index contributed by atoms with van der Waals surface area (Å²) in [5, 5.41) is 0.465. The summed E-state index contributed by atoms with van der Waals surface area (Å²) in [6.45, 7) is 0. The van der Waals surface area contributed by atoms with Crippen LogP contribution in [0.3, 0.4) is 0 Å². The van der Waals surface area contributed by atoms with Crippen LogP contribution in [0.25, 0.3) is 11.0 Å². The van der Waals surface area contributed by atoms with Gasteiger partial charge in [-0.2, -0.15) is 0 Å². The fourth-order valence-electron chi connectivity index (χ4n) is 3.62. The van der Waals surface area contributed by atoms with E-state index in [-0.39, 0.29) is 5.25 Å². The predicted octanol–water partition coefficient (Wildman–Crippen LogP) is 3.55. The summed E-state index contributed by atoms with van der Waals surface area (Å²) in [4.78, 5) is 9.23. The third-order valence-corrected chi connectivity index (χ3v) is 6.60. The lowest BCUT2D eigenvalue weighted by molar-refractivity contribution is 0.408. The highest BCUT2D eigenvalue weighted by atomic mass is 32.2. The first-order valence-electron chi connectivity index (χ1n) is 8.54. The van der Waals surface area contributed by atoms with E-state index in [1.807, 2.05) is 41.9 Å². The Bertz CT molecular complexity index is 951. The van der Waals surface area contributed by atoms with Crippen molar-refractivity contribution >= 4 is 21.8 Å². The van der Waals surface area contributed by atoms with Crippen LogP contribution in [0.5, 0.6) is 5.75 Å². The monoisotopic (exact) mass is 355 g/mol. The van der Waals surface area contributed by atoms with Gasteiger partial charge in [-0.1, -0.05) is 18.6 Å². The summed E-state index contributed by atoms with van der Waals surface area (Å²) in [5.74, 6) is 0.846. The lowest BCUT2D eigenvalue weighted by Crippen LogP contribution is -2.13. The van der Waals surface area contributed by atoms with E-state index in [1.54, 1.807) is 13.3 Å². The Morgan fingerprint density at radius 2 is 2.08 bits per heavy atom. The molecule has 0 unspecified atom stereocenters. The van der Waals surface area contributed by atoms with Gasteiger partial charge in [-0.05, 0) is 37.5 Å². The fourth-order valence-corrected chi connectivity index (χ4v) is 5.21. The first-order chi connectivity index (χ1) is 12.2. The molecule has 130 valence electrons. The van der Waals surface area contributed by atoms with Crippen LogP contribution in [0.2, 0.25) is 0 Å². The van der Waals surface area contributed by atoms with Crippen molar-refractivity contribution in [3.05, 3.63) is 47.8 Å². The summed E-state index contributed by atoms with van der Waals surface area (Å²) in [7, 11) is 2.35. The SMILES string of the molecule is COc1ccnc2c1CCCC[C@H]2[S@@](=O)c1nc2ccccc2n1C. The molecule has 2 aromatic heterocycles. The Labute approximate surface area is 149 Å². The minimum Gasteiger partial charge on any atom is -0.496 e. The number of methoxy groups -OCH3 is 1. The lowest BCUT2D eigenvalue weighted by Gasteiger charge is -2.17. The Morgan fingerprint density at radius 1 is 1.24 bits per heavy atom. The smallest absolute Gasteiger partial charge is 0.200 e. The van der Waals surface area contributed by atoms with Crippen molar-refractivity contribution in [1.82, 2.24) is 14.5 Å². The molecule has 0 aliphatic heterocycles. The number of fused-ring (bicyclic) bond motifs is 2. The van der Waals surface area contributed by atoms with E-state index in [0.29, 0.717) is 5.16 Å². The molecule has 3 aromatic rings. The average Bonchev–Trinajstić information content (AvgIpc) is 2.84. The molecule has 0 saturated heterocycles. The Balaban J connectivity index is 1.81. The second kappa shape index (κ2) is 6.59. The largest absolute Gasteiger partial charge is 0.496 e. The van der Waals surface area contributed by atoms with Crippen LogP contribution in [-0.4, -0.2) is 25.9 Å². The molecule has 6 heteroatoms. The summed E-state index contributed by atoms with van der Waals surface area (Å²) >= 11 is 0. The van der Waals surface area contributed by atoms with Crippen LogP contribution in [-0.2, 0) is 24.3 Å². The highest BCUT2D eigenvalue weighted by molar-refractivity contribution is 7.85. The number of aryl methyl sites for hydroxylation is 1. The second-order valence-electron chi connectivity index (χ2n) is 6.35. The van der Waals surface area contributed by atoms with E-state index in [4.69, 9.17) is 4.74 Å². The summed E-state index contributed by atoms with van der Waals surface area (Å²) in [6, 6.07) is 9.78. The normalized spacial score (nSPS) is 18.6. The maximum atomic E-state index is 13.5. The van der Waals surface area contributed by atoms with Gasteiger partial charge in [0.15, 0.2) is 0 Å². The number of pyridine rings is 1. The molecule has 2 atom stereocenters. The molecule has 5 nitrogen and oxygen atoms in total. The van der Waals surface area contributed by atoms with Crippen LogP contribution >= 0.6 is 0 Å². The van der Waals surface area contributed by atoms with Crippen molar-refractivity contribution in [2.24, 2.45) is 7.05 Å². The van der Waals surface area contributed by atoms with Crippen LogP contribution in [0.4, 0.5) is 0 Å². The van der Waals surface area contributed by atoms with Gasteiger partial charge >= 0.3 is 0 Å². The minimum absolute atomic E-state index is 0.150. The lowest BCUT2D eigenvalue weighted by atomic mass is 10.1. The van der Waals surface area contributed by atoms with E-state index in [2.05, 4.69) is 9.97 Å². The van der Waals surface area contributed by atoms with Crippen molar-refractivity contribution in [1.29, 1.82) is 0 Å². The van der Waals surface area contributed by atoms with Gasteiger partial charge in [0.25, 0.3) is 0 Å². The number of aromatic nitrogens is 3. The van der Waals surface area contributed by atoms with Crippen LogP contribution in [0.15, 0.2) is 41.7 Å². The Hall–Kier alpha value is -2.21. The first-order valence-corrected chi connectivity index (χ1v) is 9.76. The number of benzene rings is 1. The molecule has 1 aromatic carbocycles. The number of para-hydroxylation sites is 2. The molecule has 1 aliphatic carbocycles. The van der Waals surface area contributed by atoms with Gasteiger partial charge < -0.3 is 9.30 Å². The third kappa shape index (κ3) is 2.74. The van der Waals surface area contributed by atoms with Crippen LogP contribution in [0, 0.1) is 0 Å². The highest BCUT2D eigenvalue weighted by Gasteiger charge is 2.30. The van der Waals surface area contributed by atoms with Crippen molar-refractivity contribution in [3.8, 4) is 5.75 Å². The molecule has 0 bridgehead atoms. The van der Waals surface area contributed by atoms with E-state index >= 15 is 0 Å². The standard InChI is InChI=1S/C19H21N3O2S/c1-22-15-9-5-4-8-14(15)21-19(22)25(23)17-10-6-3-7-13-16(24-2)11-12-20-18(13)17/h4-5,8-9,11-12,17H,3,6-7,10H2,1-2H3/t17-,25-/m1/s1. The molecule has 25 heavy (non-hydrogen) atoms. The maximum absolute atomic E-state index is 13.5. The van der Waals surface area contributed by atoms with E-state index in [9.17, 15) is 4.21 Å². The van der Waals surface area contributed by atoms with Crippen LogP contribution < -0.4 is 4.74 Å². The average molecular weight is 355 g/mol. The number of imidazole rings is 1. The van der Waals surface area contributed by atoms with Gasteiger partial charge in [0, 0.05) is 18.8 Å². The molecule has 4 rings (SSSR count). The summed E-state index contributed by atoms with van der Waals surface area (Å²) in [5.41, 5.74) is 3.88. The molecule has 0 spiro atoms. The Kier molecular flexibility index (Phi) is 4.29. The first kappa shape index (κ1) is 16.3. The molecule has 0 saturated carbocycles. The number of hydrogen-bond donors (Lipinski definition) is 0. The van der Waals surface area contributed by atoms with Gasteiger partial charge in [0.1, 0.15) is 5.75 Å². The summed E-state index contributed by atoms with van der Waals surface area (Å²) < 4.78 is 20.9. The number of rotatable bonds is 3. The number of ether oxygens (including phenoxy) is 1. The summed E-state index contributed by atoms with van der Waals surface area (Å²) in [6.07, 6.45) is 5.61. The zero-order chi connectivity index (χ0) is 17.4. The third-order valence-electron chi connectivity index (χ3n) is 4.90. The van der Waals surface area contributed by atoms with Gasteiger partial charge in [-0.3, -0.25) is 9.19 Å². The van der Waals surface area contributed by atoms with E-state index in [0.717, 1.165) is 53.7 Å². The molecule has 0 radical (unpaired) electrons. The molecular formula is C19H21N3O2S. The van der Waals surface area contributed by atoms with Crippen molar-refractivity contribution < 1.29 is 8.95 Å². The van der Waals surface area contributed by atoms with E-state index in [1.165, 1.54) is 0 Å². The van der Waals surface area contributed by atoms with E-state index < -0.39 is 10.8 Å². The zero-order valence-corrected chi connectivity index (χ0v) is 15.3. The number of hydrogen-bond acceptors (Lipinski definition) is 4. The molecule has 1 aliphatic rings. The minimum atomic E-state index is -1.26. The van der Waals surface area contributed by atoms with Gasteiger partial charge in [-0.15, -0.1) is 0 Å². The quantitative estimate of drug-likeness (QED) is 0.674. The molecule has 0 amide bonds. The van der Waals surface area contributed by atoms with Crippen LogP contribution in [0.1, 0.15) is 35.8 Å². The fraction of sp³-hybridized carbons (Fsp3) is 0.368. The van der Waals surface area contributed by atoms with Crippen molar-refractivity contribution in [2.75, 3.05) is 7.11 Å². The topological polar surface area (TPSA) is 57.0 Å². The van der Waals surface area contributed by atoms with Crippen molar-refractivity contribution in [3.63, 3.8) is 0 Å². The van der Waals surface area contributed by atoms with Gasteiger partial charge in [0.2, 0.25) is 5.16 Å². The number of nitrogens with zero attached hydrogens (tertiary/aromatic N) is 3. The second-order valence-corrected chi connectivity index (χ2v) is 7.88. The molecule has 0 N–H and O–H groups in total. The zero-order valence-electron chi connectivity index (χ0n) is 14.4. The molecule has 0 fully saturated rings. The molecule has 2 heterocycles. The molecular weight excluding hydrogens is 334 g/mol. The Morgan fingerprint density at radius 3 is 2.88 bits per heavy atom. The van der Waals surface area contributed by atoms with Gasteiger partial charge in [-0.25, -0.2) is 4.98 Å². The highest BCUT2D eigenvalue weighted by Crippen LogP contribution is 2.37. The van der Waals surface area contributed by atoms with Crippen molar-refractivity contribution in [2.45, 2.75) is 36.1 Å². The maximum Gasteiger partial charge on any atom is 0.200 e.